The Morgan fingerprint density at radius 2 is 1.73 bits per heavy atom. The zero-order valence-corrected chi connectivity index (χ0v) is 8.23. The Morgan fingerprint density at radius 1 is 1.18 bits per heavy atom. The first-order valence-corrected chi connectivity index (χ1v) is 4.72. The second-order valence-electron chi connectivity index (χ2n) is 3.84. The summed E-state index contributed by atoms with van der Waals surface area (Å²) < 4.78 is 13.0. The zero-order valence-electron chi connectivity index (χ0n) is 8.23. The van der Waals surface area contributed by atoms with E-state index >= 15 is 0 Å². The van der Waals surface area contributed by atoms with Crippen molar-refractivity contribution < 1.29 is 4.39 Å². The summed E-state index contributed by atoms with van der Waals surface area (Å²) >= 11 is 0. The minimum Gasteiger partial charge on any atom is -0.247 e. The van der Waals surface area contributed by atoms with Gasteiger partial charge in [0, 0.05) is 0 Å². The molecule has 0 N–H and O–H groups in total. The highest BCUT2D eigenvalue weighted by Crippen LogP contribution is 2.19. The number of rotatable bonds is 5. The summed E-state index contributed by atoms with van der Waals surface area (Å²) in [5.41, 5.74) is 0. The maximum atomic E-state index is 13.0. The van der Waals surface area contributed by atoms with E-state index in [9.17, 15) is 4.39 Å². The van der Waals surface area contributed by atoms with Gasteiger partial charge in [-0.15, -0.1) is 0 Å². The van der Waals surface area contributed by atoms with Gasteiger partial charge in [0.1, 0.15) is 6.17 Å². The Labute approximate surface area is 70.2 Å². The summed E-state index contributed by atoms with van der Waals surface area (Å²) in [4.78, 5) is 0. The maximum absolute atomic E-state index is 13.0. The van der Waals surface area contributed by atoms with Crippen LogP contribution in [0.25, 0.3) is 0 Å². The van der Waals surface area contributed by atoms with E-state index in [0.29, 0.717) is 11.8 Å². The molecule has 0 aliphatic rings. The van der Waals surface area contributed by atoms with Crippen molar-refractivity contribution in [2.45, 2.75) is 53.1 Å². The first-order chi connectivity index (χ1) is 5.07. The predicted molar refractivity (Wildman–Crippen MR) is 48.4 cm³/mol. The average Bonchev–Trinajstić information content (AvgIpc) is 1.87. The monoisotopic (exact) mass is 160 g/mol. The molecule has 0 saturated heterocycles. The lowest BCUT2D eigenvalue weighted by atomic mass is 9.91. The third kappa shape index (κ3) is 5.23. The molecular weight excluding hydrogens is 139 g/mol. The fourth-order valence-corrected chi connectivity index (χ4v) is 1.11. The minimum absolute atomic E-state index is 0.525. The molecule has 11 heavy (non-hydrogen) atoms. The summed E-state index contributed by atoms with van der Waals surface area (Å²) in [7, 11) is 0. The van der Waals surface area contributed by atoms with E-state index in [1.54, 1.807) is 0 Å². The molecular formula is C10H21F. The molecule has 1 heteroatoms. The molecule has 0 aliphatic carbocycles. The Bertz CT molecular complexity index is 88.9. The third-order valence-electron chi connectivity index (χ3n) is 2.37. The van der Waals surface area contributed by atoms with Gasteiger partial charge in [-0.3, -0.25) is 0 Å². The summed E-state index contributed by atoms with van der Waals surface area (Å²) in [6.07, 6.45) is 1.87. The summed E-state index contributed by atoms with van der Waals surface area (Å²) in [6.45, 7) is 8.48. The van der Waals surface area contributed by atoms with Crippen molar-refractivity contribution in [2.75, 3.05) is 0 Å². The first kappa shape index (κ1) is 10.9. The Hall–Kier alpha value is -0.0700. The molecule has 2 atom stereocenters. The molecule has 0 fully saturated rings. The van der Waals surface area contributed by atoms with E-state index in [1.807, 2.05) is 6.92 Å². The van der Waals surface area contributed by atoms with Crippen LogP contribution in [0.3, 0.4) is 0 Å². The lowest BCUT2D eigenvalue weighted by Gasteiger charge is -2.17. The van der Waals surface area contributed by atoms with Gasteiger partial charge in [0.15, 0.2) is 0 Å². The van der Waals surface area contributed by atoms with Crippen LogP contribution in [-0.2, 0) is 0 Å². The van der Waals surface area contributed by atoms with Gasteiger partial charge in [0.05, 0.1) is 0 Å². The molecule has 0 aromatic carbocycles. The SMILES string of the molecule is CCCC(F)CC(C)C(C)C. The quantitative estimate of drug-likeness (QED) is 0.573. The fourth-order valence-electron chi connectivity index (χ4n) is 1.11. The van der Waals surface area contributed by atoms with Crippen molar-refractivity contribution in [2.24, 2.45) is 11.8 Å². The molecule has 68 valence electrons. The first-order valence-electron chi connectivity index (χ1n) is 4.72. The molecule has 0 aromatic heterocycles. The largest absolute Gasteiger partial charge is 0.247 e. The van der Waals surface area contributed by atoms with Gasteiger partial charge in [-0.2, -0.15) is 0 Å². The van der Waals surface area contributed by atoms with Crippen LogP contribution in [0.4, 0.5) is 4.39 Å². The highest BCUT2D eigenvalue weighted by atomic mass is 19.1. The molecule has 0 rings (SSSR count). The molecule has 0 nitrogen and oxygen atoms in total. The topological polar surface area (TPSA) is 0 Å². The van der Waals surface area contributed by atoms with E-state index in [-0.39, 0.29) is 0 Å². The average molecular weight is 160 g/mol. The van der Waals surface area contributed by atoms with Gasteiger partial charge < -0.3 is 0 Å². The van der Waals surface area contributed by atoms with Gasteiger partial charge >= 0.3 is 0 Å². The highest BCUT2D eigenvalue weighted by molar-refractivity contribution is 4.63. The molecule has 0 amide bonds. The number of alkyl halides is 1. The molecule has 0 spiro atoms. The third-order valence-corrected chi connectivity index (χ3v) is 2.37. The van der Waals surface area contributed by atoms with Crippen LogP contribution in [0.5, 0.6) is 0 Å². The van der Waals surface area contributed by atoms with E-state index < -0.39 is 6.17 Å². The van der Waals surface area contributed by atoms with E-state index in [2.05, 4.69) is 20.8 Å². The van der Waals surface area contributed by atoms with Crippen molar-refractivity contribution in [1.82, 2.24) is 0 Å². The smallest absolute Gasteiger partial charge is 0.100 e. The Kier molecular flexibility index (Phi) is 5.53. The molecule has 0 aromatic rings. The van der Waals surface area contributed by atoms with Crippen molar-refractivity contribution in [3.63, 3.8) is 0 Å². The molecule has 0 bridgehead atoms. The lowest BCUT2D eigenvalue weighted by molar-refractivity contribution is 0.232. The highest BCUT2D eigenvalue weighted by Gasteiger charge is 2.13. The van der Waals surface area contributed by atoms with E-state index in [4.69, 9.17) is 0 Å². The van der Waals surface area contributed by atoms with Crippen molar-refractivity contribution in [1.29, 1.82) is 0 Å². The zero-order chi connectivity index (χ0) is 8.85. The van der Waals surface area contributed by atoms with Crippen LogP contribution >= 0.6 is 0 Å². The van der Waals surface area contributed by atoms with E-state index in [0.717, 1.165) is 19.3 Å². The van der Waals surface area contributed by atoms with Gasteiger partial charge in [-0.25, -0.2) is 4.39 Å². The number of hydrogen-bond donors (Lipinski definition) is 0. The minimum atomic E-state index is -0.572. The van der Waals surface area contributed by atoms with Gasteiger partial charge in [-0.05, 0) is 24.7 Å². The summed E-state index contributed by atoms with van der Waals surface area (Å²) in [6, 6.07) is 0. The van der Waals surface area contributed by atoms with Crippen LogP contribution in [0.2, 0.25) is 0 Å². The Morgan fingerprint density at radius 3 is 2.09 bits per heavy atom. The molecule has 0 aliphatic heterocycles. The second kappa shape index (κ2) is 5.56. The van der Waals surface area contributed by atoms with Crippen LogP contribution in [0.15, 0.2) is 0 Å². The standard InChI is InChI=1S/C10H21F/c1-5-6-10(11)7-9(4)8(2)3/h8-10H,5-7H2,1-4H3. The molecule has 0 saturated carbocycles. The summed E-state index contributed by atoms with van der Waals surface area (Å²) in [5.74, 6) is 1.14. The summed E-state index contributed by atoms with van der Waals surface area (Å²) in [5, 5.41) is 0. The predicted octanol–water partition coefficient (Wildman–Crippen LogP) is 3.81. The maximum Gasteiger partial charge on any atom is 0.100 e. The normalized spacial score (nSPS) is 16.9. The second-order valence-corrected chi connectivity index (χ2v) is 3.84. The Balaban J connectivity index is 3.48. The van der Waals surface area contributed by atoms with Crippen molar-refractivity contribution in [3.8, 4) is 0 Å². The van der Waals surface area contributed by atoms with Crippen molar-refractivity contribution >= 4 is 0 Å². The van der Waals surface area contributed by atoms with Crippen molar-refractivity contribution in [3.05, 3.63) is 0 Å². The van der Waals surface area contributed by atoms with E-state index in [1.165, 1.54) is 0 Å². The number of hydrogen-bond acceptors (Lipinski definition) is 0. The van der Waals surface area contributed by atoms with Gasteiger partial charge in [0.2, 0.25) is 0 Å². The molecule has 2 unspecified atom stereocenters. The van der Waals surface area contributed by atoms with Crippen LogP contribution in [0.1, 0.15) is 47.0 Å². The lowest BCUT2D eigenvalue weighted by Crippen LogP contribution is -2.11. The van der Waals surface area contributed by atoms with Gasteiger partial charge in [0.25, 0.3) is 0 Å². The van der Waals surface area contributed by atoms with Gasteiger partial charge in [-0.1, -0.05) is 34.1 Å². The van der Waals surface area contributed by atoms with Crippen LogP contribution in [0, 0.1) is 11.8 Å². The fraction of sp³-hybridized carbons (Fsp3) is 1.00. The van der Waals surface area contributed by atoms with Crippen LogP contribution in [-0.4, -0.2) is 6.17 Å². The molecule has 0 radical (unpaired) electrons. The number of halogens is 1. The van der Waals surface area contributed by atoms with Crippen LogP contribution < -0.4 is 0 Å². The molecule has 0 heterocycles.